The normalized spacial score (nSPS) is 14.0. The van der Waals surface area contributed by atoms with E-state index in [1.807, 2.05) is 0 Å². The van der Waals surface area contributed by atoms with Crippen molar-refractivity contribution in [2.45, 2.75) is 31.7 Å². The highest BCUT2D eigenvalue weighted by molar-refractivity contribution is 6.30. The largest absolute Gasteiger partial charge is 0.373 e. The summed E-state index contributed by atoms with van der Waals surface area (Å²) in [6.45, 7) is 0.104. The molecule has 1 unspecified atom stereocenters. The fraction of sp³-hybridized carbons (Fsp3) is 0.727. The van der Waals surface area contributed by atoms with Crippen molar-refractivity contribution in [3.8, 4) is 0 Å². The van der Waals surface area contributed by atoms with Crippen molar-refractivity contribution >= 4 is 11.6 Å². The summed E-state index contributed by atoms with van der Waals surface area (Å²) in [5, 5.41) is 4.49. The number of alkyl halides is 4. The molecule has 1 aromatic heterocycles. The Balaban J connectivity index is 2.57. The van der Waals surface area contributed by atoms with Gasteiger partial charge in [0, 0.05) is 18.7 Å². The molecule has 3 N–H and O–H groups in total. The van der Waals surface area contributed by atoms with E-state index in [4.69, 9.17) is 17.4 Å². The van der Waals surface area contributed by atoms with E-state index >= 15 is 0 Å². The van der Waals surface area contributed by atoms with E-state index in [1.54, 1.807) is 14.0 Å². The standard InChI is InChI=1S/C11H17ClF4N4O/c1-6-8(9(12)20(2)19-6)3-7(18-17)4-21-5-11(15,16)10(13)14/h7,10,18H,3-5,17H2,1-2H3. The van der Waals surface area contributed by atoms with Crippen LogP contribution in [-0.4, -0.2) is 41.4 Å². The highest BCUT2D eigenvalue weighted by Gasteiger charge is 2.41. The summed E-state index contributed by atoms with van der Waals surface area (Å²) >= 11 is 6.04. The van der Waals surface area contributed by atoms with Crippen molar-refractivity contribution < 1.29 is 22.3 Å². The van der Waals surface area contributed by atoms with Crippen LogP contribution in [0.3, 0.4) is 0 Å². The second kappa shape index (κ2) is 7.39. The molecular formula is C11H17ClF4N4O. The van der Waals surface area contributed by atoms with Gasteiger partial charge in [-0.15, -0.1) is 0 Å². The third kappa shape index (κ3) is 4.80. The van der Waals surface area contributed by atoms with Crippen molar-refractivity contribution in [1.29, 1.82) is 0 Å². The van der Waals surface area contributed by atoms with Crippen LogP contribution in [0.1, 0.15) is 11.3 Å². The third-order valence-electron chi connectivity index (χ3n) is 2.89. The van der Waals surface area contributed by atoms with Gasteiger partial charge in [-0.05, 0) is 13.3 Å². The fourth-order valence-electron chi connectivity index (χ4n) is 1.72. The maximum atomic E-state index is 12.7. The Labute approximate surface area is 124 Å². The molecule has 0 amide bonds. The molecular weight excluding hydrogens is 316 g/mol. The van der Waals surface area contributed by atoms with Crippen molar-refractivity contribution in [2.75, 3.05) is 13.2 Å². The van der Waals surface area contributed by atoms with Gasteiger partial charge in [0.25, 0.3) is 0 Å². The average Bonchev–Trinajstić information content (AvgIpc) is 2.63. The minimum absolute atomic E-state index is 0.260. The van der Waals surface area contributed by atoms with E-state index in [-0.39, 0.29) is 13.0 Å². The SMILES string of the molecule is Cc1nn(C)c(Cl)c1CC(COCC(F)(F)C(F)F)NN. The highest BCUT2D eigenvalue weighted by atomic mass is 35.5. The minimum atomic E-state index is -4.18. The number of hydrogen-bond acceptors (Lipinski definition) is 4. The van der Waals surface area contributed by atoms with Gasteiger partial charge >= 0.3 is 12.3 Å². The van der Waals surface area contributed by atoms with E-state index in [0.29, 0.717) is 16.4 Å². The van der Waals surface area contributed by atoms with E-state index < -0.39 is 25.0 Å². The average molecular weight is 333 g/mol. The Morgan fingerprint density at radius 3 is 2.52 bits per heavy atom. The zero-order chi connectivity index (χ0) is 16.2. The maximum absolute atomic E-state index is 12.7. The predicted molar refractivity (Wildman–Crippen MR) is 69.5 cm³/mol. The third-order valence-corrected chi connectivity index (χ3v) is 3.36. The minimum Gasteiger partial charge on any atom is -0.373 e. The number of nitrogens with zero attached hydrogens (tertiary/aromatic N) is 2. The van der Waals surface area contributed by atoms with Crippen molar-refractivity contribution in [2.24, 2.45) is 12.9 Å². The van der Waals surface area contributed by atoms with Crippen LogP contribution in [0.2, 0.25) is 5.15 Å². The number of hydrazine groups is 1. The Morgan fingerprint density at radius 2 is 2.10 bits per heavy atom. The van der Waals surface area contributed by atoms with Crippen molar-refractivity contribution in [1.82, 2.24) is 15.2 Å². The van der Waals surface area contributed by atoms with Crippen LogP contribution in [0.25, 0.3) is 0 Å². The van der Waals surface area contributed by atoms with Gasteiger partial charge < -0.3 is 4.74 Å². The maximum Gasteiger partial charge on any atom is 0.330 e. The summed E-state index contributed by atoms with van der Waals surface area (Å²) in [7, 11) is 1.66. The molecule has 0 aliphatic carbocycles. The number of aryl methyl sites for hydroxylation is 2. The first kappa shape index (κ1) is 18.1. The van der Waals surface area contributed by atoms with Gasteiger partial charge in [-0.3, -0.25) is 16.0 Å². The van der Waals surface area contributed by atoms with Crippen LogP contribution in [0, 0.1) is 6.92 Å². The molecule has 0 aliphatic rings. The summed E-state index contributed by atoms with van der Waals surface area (Å²) in [5.74, 6) is 1.12. The summed E-state index contributed by atoms with van der Waals surface area (Å²) < 4.78 is 55.4. The molecule has 0 saturated heterocycles. The van der Waals surface area contributed by atoms with Crippen molar-refractivity contribution in [3.63, 3.8) is 0 Å². The Bertz CT molecular complexity index is 469. The molecule has 1 aromatic rings. The van der Waals surface area contributed by atoms with Gasteiger partial charge in [0.1, 0.15) is 11.8 Å². The molecule has 10 heteroatoms. The first-order valence-electron chi connectivity index (χ1n) is 6.06. The molecule has 5 nitrogen and oxygen atoms in total. The quantitative estimate of drug-likeness (QED) is 0.432. The van der Waals surface area contributed by atoms with Crippen LogP contribution in [0.15, 0.2) is 0 Å². The van der Waals surface area contributed by atoms with Gasteiger partial charge in [0.05, 0.1) is 12.3 Å². The molecule has 1 atom stereocenters. The lowest BCUT2D eigenvalue weighted by Gasteiger charge is -2.19. The van der Waals surface area contributed by atoms with E-state index in [2.05, 4.69) is 15.3 Å². The number of halogens is 5. The first-order valence-corrected chi connectivity index (χ1v) is 6.44. The monoisotopic (exact) mass is 332 g/mol. The van der Waals surface area contributed by atoms with Gasteiger partial charge in [-0.2, -0.15) is 13.9 Å². The van der Waals surface area contributed by atoms with Gasteiger partial charge in [0.2, 0.25) is 0 Å². The lowest BCUT2D eigenvalue weighted by atomic mass is 10.1. The number of rotatable bonds is 8. The summed E-state index contributed by atoms with van der Waals surface area (Å²) in [6, 6.07) is -0.557. The topological polar surface area (TPSA) is 65.1 Å². The fourth-order valence-corrected chi connectivity index (χ4v) is 1.97. The number of nitrogens with two attached hydrogens (primary N) is 1. The number of nitrogens with one attached hydrogen (secondary N) is 1. The van der Waals surface area contributed by atoms with Gasteiger partial charge in [-0.1, -0.05) is 11.6 Å². The Hall–Kier alpha value is -0.900. The summed E-state index contributed by atoms with van der Waals surface area (Å²) in [6.07, 6.45) is -3.49. The number of ether oxygens (including phenoxy) is 1. The molecule has 21 heavy (non-hydrogen) atoms. The van der Waals surface area contributed by atoms with Crippen LogP contribution in [0.4, 0.5) is 17.6 Å². The zero-order valence-corrected chi connectivity index (χ0v) is 12.3. The summed E-state index contributed by atoms with van der Waals surface area (Å²) in [4.78, 5) is 0. The zero-order valence-electron chi connectivity index (χ0n) is 11.5. The van der Waals surface area contributed by atoms with Gasteiger partial charge in [-0.25, -0.2) is 8.78 Å². The molecule has 122 valence electrons. The lowest BCUT2D eigenvalue weighted by Crippen LogP contribution is -2.42. The lowest BCUT2D eigenvalue weighted by molar-refractivity contribution is -0.167. The second-order valence-electron chi connectivity index (χ2n) is 4.62. The Morgan fingerprint density at radius 1 is 1.48 bits per heavy atom. The molecule has 0 fully saturated rings. The summed E-state index contributed by atoms with van der Waals surface area (Å²) in [5.41, 5.74) is 3.73. The molecule has 0 saturated carbocycles. The Kier molecular flexibility index (Phi) is 6.39. The smallest absolute Gasteiger partial charge is 0.330 e. The van der Waals surface area contributed by atoms with Crippen LogP contribution >= 0.6 is 11.6 Å². The predicted octanol–water partition coefficient (Wildman–Crippen LogP) is 1.67. The molecule has 0 bridgehead atoms. The molecule has 0 radical (unpaired) electrons. The van der Waals surface area contributed by atoms with Gasteiger partial charge in [0.15, 0.2) is 0 Å². The van der Waals surface area contributed by atoms with Crippen molar-refractivity contribution in [3.05, 3.63) is 16.4 Å². The van der Waals surface area contributed by atoms with Crippen LogP contribution in [-0.2, 0) is 18.2 Å². The number of hydrogen-bond donors (Lipinski definition) is 2. The number of aromatic nitrogens is 2. The highest BCUT2D eigenvalue weighted by Crippen LogP contribution is 2.23. The molecule has 1 rings (SSSR count). The molecule has 1 heterocycles. The van der Waals surface area contributed by atoms with Crippen LogP contribution < -0.4 is 11.3 Å². The first-order chi connectivity index (χ1) is 9.69. The second-order valence-corrected chi connectivity index (χ2v) is 4.98. The molecule has 0 aromatic carbocycles. The molecule has 0 aliphatic heterocycles. The van der Waals surface area contributed by atoms with E-state index in [1.165, 1.54) is 4.68 Å². The van der Waals surface area contributed by atoms with Crippen LogP contribution in [0.5, 0.6) is 0 Å². The van der Waals surface area contributed by atoms with E-state index in [0.717, 1.165) is 0 Å². The molecule has 0 spiro atoms. The van der Waals surface area contributed by atoms with E-state index in [9.17, 15) is 17.6 Å².